The van der Waals surface area contributed by atoms with E-state index in [-0.39, 0.29) is 0 Å². The summed E-state index contributed by atoms with van der Waals surface area (Å²) in [5.41, 5.74) is 12.4. The Balaban J connectivity index is 2.49. The van der Waals surface area contributed by atoms with Crippen LogP contribution in [0.15, 0.2) is 35.5 Å². The van der Waals surface area contributed by atoms with E-state index < -0.39 is 5.79 Å². The lowest BCUT2D eigenvalue weighted by molar-refractivity contribution is 0.394. The van der Waals surface area contributed by atoms with Crippen molar-refractivity contribution in [2.45, 2.75) is 5.79 Å². The van der Waals surface area contributed by atoms with Crippen LogP contribution >= 0.6 is 11.6 Å². The van der Waals surface area contributed by atoms with Gasteiger partial charge in [-0.05, 0) is 24.3 Å². The maximum absolute atomic E-state index is 6.13. The highest BCUT2D eigenvalue weighted by Gasteiger charge is 2.30. The van der Waals surface area contributed by atoms with Crippen LogP contribution < -0.4 is 21.5 Å². The topological polar surface area (TPSA) is 85.7 Å². The molecule has 0 saturated carbocycles. The summed E-state index contributed by atoms with van der Waals surface area (Å²) in [6, 6.07) is 5.18. The van der Waals surface area contributed by atoms with Gasteiger partial charge in [0, 0.05) is 16.8 Å². The van der Waals surface area contributed by atoms with E-state index in [1.54, 1.807) is 37.6 Å². The normalized spacial score (nSPS) is 22.9. The molecule has 1 aliphatic heterocycles. The molecule has 0 aromatic heterocycles. The molecule has 1 atom stereocenters. The molecule has 0 amide bonds. The van der Waals surface area contributed by atoms with Crippen molar-refractivity contribution in [1.82, 2.24) is 5.32 Å². The van der Waals surface area contributed by atoms with E-state index in [2.05, 4.69) is 10.3 Å². The summed E-state index contributed by atoms with van der Waals surface area (Å²) in [5.74, 6) is -0.172. The minimum atomic E-state index is -1.16. The van der Waals surface area contributed by atoms with Crippen LogP contribution in [0.25, 0.3) is 0 Å². The van der Waals surface area contributed by atoms with Gasteiger partial charge in [0.2, 0.25) is 5.79 Å². The van der Waals surface area contributed by atoms with Crippen molar-refractivity contribution in [3.05, 3.63) is 41.1 Å². The zero-order valence-electron chi connectivity index (χ0n) is 9.27. The Bertz CT molecular complexity index is 500. The van der Waals surface area contributed by atoms with E-state index >= 15 is 0 Å². The Labute approximate surface area is 104 Å². The van der Waals surface area contributed by atoms with Gasteiger partial charge in [-0.2, -0.15) is 0 Å². The zero-order chi connectivity index (χ0) is 12.5. The highest BCUT2D eigenvalue weighted by atomic mass is 35.5. The maximum atomic E-state index is 6.13. The third-order valence-corrected chi connectivity index (χ3v) is 2.78. The number of ether oxygens (including phenoxy) is 1. The van der Waals surface area contributed by atoms with Gasteiger partial charge >= 0.3 is 0 Å². The second-order valence-corrected chi connectivity index (χ2v) is 4.03. The van der Waals surface area contributed by atoms with Crippen molar-refractivity contribution in [2.75, 3.05) is 7.11 Å². The number of methoxy groups -OCH3 is 1. The van der Waals surface area contributed by atoms with Crippen LogP contribution in [0.1, 0.15) is 5.56 Å². The summed E-state index contributed by atoms with van der Waals surface area (Å²) in [7, 11) is 1.57. The van der Waals surface area contributed by atoms with E-state index in [0.717, 1.165) is 0 Å². The molecule has 5 nitrogen and oxygen atoms in total. The Hall–Kier alpha value is -1.72. The molecule has 90 valence electrons. The Morgan fingerprint density at radius 1 is 1.47 bits per heavy atom. The quantitative estimate of drug-likeness (QED) is 0.730. The Kier molecular flexibility index (Phi) is 2.95. The molecule has 1 aromatic carbocycles. The fourth-order valence-corrected chi connectivity index (χ4v) is 1.85. The molecule has 0 spiro atoms. The van der Waals surface area contributed by atoms with Gasteiger partial charge in [0.15, 0.2) is 0 Å². The van der Waals surface area contributed by atoms with Crippen LogP contribution in [0.5, 0.6) is 5.75 Å². The molecule has 0 bridgehead atoms. The summed E-state index contributed by atoms with van der Waals surface area (Å²) in [6.45, 7) is 0. The number of hydrogen-bond acceptors (Lipinski definition) is 5. The van der Waals surface area contributed by atoms with Crippen LogP contribution in [0, 0.1) is 0 Å². The minimum Gasteiger partial charge on any atom is -0.497 e. The number of nitrogens with zero attached hydrogens (tertiary/aromatic N) is 1. The third kappa shape index (κ3) is 2.20. The number of amidine groups is 1. The molecule has 17 heavy (non-hydrogen) atoms. The van der Waals surface area contributed by atoms with Gasteiger partial charge in [-0.15, -0.1) is 0 Å². The number of nitrogens with two attached hydrogens (primary N) is 2. The number of nitrogens with one attached hydrogen (secondary N) is 1. The number of halogens is 1. The fourth-order valence-electron chi connectivity index (χ4n) is 1.59. The summed E-state index contributed by atoms with van der Waals surface area (Å²) in [5, 5.41) is 3.42. The predicted octanol–water partition coefficient (Wildman–Crippen LogP) is 0.892. The molecule has 0 aliphatic carbocycles. The number of benzene rings is 1. The van der Waals surface area contributed by atoms with Gasteiger partial charge < -0.3 is 15.8 Å². The first-order chi connectivity index (χ1) is 8.05. The molecule has 6 heteroatoms. The maximum Gasteiger partial charge on any atom is 0.212 e. The molecule has 1 heterocycles. The molecular formula is C11H13ClN4O. The smallest absolute Gasteiger partial charge is 0.212 e. The molecule has 0 radical (unpaired) electrons. The first-order valence-electron chi connectivity index (χ1n) is 4.97. The van der Waals surface area contributed by atoms with Gasteiger partial charge in [-0.1, -0.05) is 11.6 Å². The summed E-state index contributed by atoms with van der Waals surface area (Å²) in [4.78, 5) is 4.15. The highest BCUT2D eigenvalue weighted by molar-refractivity contribution is 6.31. The summed E-state index contributed by atoms with van der Waals surface area (Å²) >= 11 is 6.11. The van der Waals surface area contributed by atoms with E-state index in [9.17, 15) is 0 Å². The van der Waals surface area contributed by atoms with Crippen LogP contribution in [-0.2, 0) is 5.79 Å². The molecule has 5 N–H and O–H groups in total. The van der Waals surface area contributed by atoms with Crippen LogP contribution in [0.4, 0.5) is 0 Å². The van der Waals surface area contributed by atoms with E-state index in [4.69, 9.17) is 27.8 Å². The van der Waals surface area contributed by atoms with E-state index in [1.807, 2.05) is 0 Å². The molecule has 1 aliphatic rings. The standard InChI is InChI=1S/C11H13ClN4O/c1-17-7-2-3-9(12)8(6-7)11(14)15-5-4-10(13)16-11/h2-6,15H,14H2,1H3,(H2,13,16). The largest absolute Gasteiger partial charge is 0.497 e. The SMILES string of the molecule is COc1ccc(Cl)c(C2(N)N=C(N)C=CN2)c1. The average Bonchev–Trinajstić information content (AvgIpc) is 2.29. The summed E-state index contributed by atoms with van der Waals surface area (Å²) in [6.07, 6.45) is 3.26. The number of aliphatic imine (C=N–C) groups is 1. The lowest BCUT2D eigenvalue weighted by Crippen LogP contribution is -2.49. The van der Waals surface area contributed by atoms with Crippen LogP contribution in [-0.4, -0.2) is 12.9 Å². The summed E-state index contributed by atoms with van der Waals surface area (Å²) < 4.78 is 5.13. The van der Waals surface area contributed by atoms with Gasteiger partial charge in [0.25, 0.3) is 0 Å². The minimum absolute atomic E-state index is 0.338. The zero-order valence-corrected chi connectivity index (χ0v) is 10.0. The van der Waals surface area contributed by atoms with Crippen LogP contribution in [0.3, 0.4) is 0 Å². The van der Waals surface area contributed by atoms with E-state index in [0.29, 0.717) is 22.2 Å². The van der Waals surface area contributed by atoms with Crippen LogP contribution in [0.2, 0.25) is 5.02 Å². The molecule has 2 rings (SSSR count). The Morgan fingerprint density at radius 2 is 2.24 bits per heavy atom. The third-order valence-electron chi connectivity index (χ3n) is 2.45. The van der Waals surface area contributed by atoms with Crippen molar-refractivity contribution in [2.24, 2.45) is 16.5 Å². The van der Waals surface area contributed by atoms with Crippen molar-refractivity contribution in [3.63, 3.8) is 0 Å². The first kappa shape index (κ1) is 11.8. The van der Waals surface area contributed by atoms with Gasteiger partial charge in [-0.25, -0.2) is 4.99 Å². The van der Waals surface area contributed by atoms with Crippen molar-refractivity contribution in [1.29, 1.82) is 0 Å². The van der Waals surface area contributed by atoms with Crippen molar-refractivity contribution in [3.8, 4) is 5.75 Å². The van der Waals surface area contributed by atoms with Gasteiger partial charge in [-0.3, -0.25) is 5.73 Å². The van der Waals surface area contributed by atoms with Crippen molar-refractivity contribution < 1.29 is 4.74 Å². The monoisotopic (exact) mass is 252 g/mol. The van der Waals surface area contributed by atoms with E-state index in [1.165, 1.54) is 0 Å². The molecule has 1 unspecified atom stereocenters. The Morgan fingerprint density at radius 3 is 2.88 bits per heavy atom. The van der Waals surface area contributed by atoms with Gasteiger partial charge in [0.1, 0.15) is 11.6 Å². The number of rotatable bonds is 2. The fraction of sp³-hybridized carbons (Fsp3) is 0.182. The van der Waals surface area contributed by atoms with Gasteiger partial charge in [0.05, 0.1) is 7.11 Å². The van der Waals surface area contributed by atoms with Crippen molar-refractivity contribution >= 4 is 17.4 Å². The molecule has 1 aromatic rings. The lowest BCUT2D eigenvalue weighted by atomic mass is 10.1. The molecular weight excluding hydrogens is 240 g/mol. The predicted molar refractivity (Wildman–Crippen MR) is 67.8 cm³/mol. The number of hydrogen-bond donors (Lipinski definition) is 3. The molecule has 0 fully saturated rings. The average molecular weight is 253 g/mol. The second-order valence-electron chi connectivity index (χ2n) is 3.63. The molecule has 0 saturated heterocycles. The second kappa shape index (κ2) is 4.27. The highest BCUT2D eigenvalue weighted by Crippen LogP contribution is 2.30. The first-order valence-corrected chi connectivity index (χ1v) is 5.35. The lowest BCUT2D eigenvalue weighted by Gasteiger charge is -2.29.